The lowest BCUT2D eigenvalue weighted by molar-refractivity contribution is 0.0368. The van der Waals surface area contributed by atoms with E-state index in [-0.39, 0.29) is 5.54 Å². The topological polar surface area (TPSA) is 46.0 Å². The van der Waals surface area contributed by atoms with E-state index in [1.54, 1.807) is 0 Å². The Kier molecular flexibility index (Phi) is 3.35. The van der Waals surface area contributed by atoms with Crippen LogP contribution in [0.25, 0.3) is 0 Å². The summed E-state index contributed by atoms with van der Waals surface area (Å²) in [5.74, 6) is 1.93. The predicted octanol–water partition coefficient (Wildman–Crippen LogP) is 1.26. The summed E-state index contributed by atoms with van der Waals surface area (Å²) in [6.45, 7) is 11.0. The minimum atomic E-state index is 0.224. The third kappa shape index (κ3) is 2.82. The van der Waals surface area contributed by atoms with E-state index in [1.165, 1.54) is 12.8 Å². The van der Waals surface area contributed by atoms with Crippen molar-refractivity contribution in [1.82, 2.24) is 25.0 Å². The second-order valence-electron chi connectivity index (χ2n) is 6.95. The van der Waals surface area contributed by atoms with E-state index in [0.29, 0.717) is 0 Å². The van der Waals surface area contributed by atoms with Crippen molar-refractivity contribution in [3.63, 3.8) is 0 Å². The Morgan fingerprint density at radius 2 is 2.16 bits per heavy atom. The van der Waals surface area contributed by atoms with Gasteiger partial charge >= 0.3 is 0 Å². The molecular formula is C14H25N5. The molecule has 0 radical (unpaired) electrons. The van der Waals surface area contributed by atoms with Crippen molar-refractivity contribution in [2.24, 2.45) is 5.92 Å². The summed E-state index contributed by atoms with van der Waals surface area (Å²) in [7, 11) is 0. The van der Waals surface area contributed by atoms with E-state index in [0.717, 1.165) is 44.0 Å². The van der Waals surface area contributed by atoms with Crippen molar-refractivity contribution in [3.05, 3.63) is 12.2 Å². The van der Waals surface area contributed by atoms with Crippen LogP contribution in [-0.2, 0) is 13.1 Å². The Morgan fingerprint density at radius 1 is 1.32 bits per heavy atom. The van der Waals surface area contributed by atoms with Crippen molar-refractivity contribution in [2.45, 2.75) is 58.3 Å². The van der Waals surface area contributed by atoms with E-state index in [4.69, 9.17) is 0 Å². The number of nitrogens with zero attached hydrogens (tertiary/aromatic N) is 4. The smallest absolute Gasteiger partial charge is 0.147 e. The van der Waals surface area contributed by atoms with Gasteiger partial charge in [0.1, 0.15) is 12.2 Å². The molecule has 0 saturated heterocycles. The third-order valence-corrected chi connectivity index (χ3v) is 4.41. The highest BCUT2D eigenvalue weighted by Crippen LogP contribution is 2.33. The summed E-state index contributed by atoms with van der Waals surface area (Å²) in [5, 5.41) is 11.9. The molecule has 3 rings (SSSR count). The molecule has 2 atom stereocenters. The molecule has 1 aromatic heterocycles. The van der Waals surface area contributed by atoms with Gasteiger partial charge in [-0.05, 0) is 46.1 Å². The first-order valence-corrected chi connectivity index (χ1v) is 7.39. The standard InChI is InChI=1S/C14H25N5/c1-14(2,3)15-8-11-4-5-12(11)18-6-7-19-10-16-17-13(19)9-18/h10-12,15H,4-9H2,1-3H3. The fourth-order valence-corrected chi connectivity index (χ4v) is 3.08. The lowest BCUT2D eigenvalue weighted by Gasteiger charge is -2.46. The van der Waals surface area contributed by atoms with E-state index in [9.17, 15) is 0 Å². The van der Waals surface area contributed by atoms with Gasteiger partial charge in [0.05, 0.1) is 6.54 Å². The highest BCUT2D eigenvalue weighted by molar-refractivity contribution is 4.97. The molecule has 0 aromatic carbocycles. The number of rotatable bonds is 3. The van der Waals surface area contributed by atoms with Crippen LogP contribution in [0.4, 0.5) is 0 Å². The van der Waals surface area contributed by atoms with Crippen LogP contribution < -0.4 is 5.32 Å². The summed E-state index contributed by atoms with van der Waals surface area (Å²) in [6.07, 6.45) is 4.55. The van der Waals surface area contributed by atoms with Gasteiger partial charge in [-0.25, -0.2) is 0 Å². The highest BCUT2D eigenvalue weighted by Gasteiger charge is 2.37. The molecule has 2 heterocycles. The van der Waals surface area contributed by atoms with Gasteiger partial charge in [-0.15, -0.1) is 10.2 Å². The average molecular weight is 263 g/mol. The minimum absolute atomic E-state index is 0.224. The molecule has 1 N–H and O–H groups in total. The first kappa shape index (κ1) is 13.1. The van der Waals surface area contributed by atoms with Gasteiger partial charge in [-0.1, -0.05) is 0 Å². The molecule has 1 fully saturated rings. The molecule has 0 bridgehead atoms. The van der Waals surface area contributed by atoms with Crippen molar-refractivity contribution in [1.29, 1.82) is 0 Å². The third-order valence-electron chi connectivity index (χ3n) is 4.41. The van der Waals surface area contributed by atoms with Gasteiger partial charge in [0, 0.05) is 24.7 Å². The van der Waals surface area contributed by atoms with Crippen LogP contribution in [-0.4, -0.2) is 44.3 Å². The lowest BCUT2D eigenvalue weighted by atomic mass is 9.77. The Hall–Kier alpha value is -0.940. The first-order chi connectivity index (χ1) is 9.03. The molecule has 19 heavy (non-hydrogen) atoms. The summed E-state index contributed by atoms with van der Waals surface area (Å²) < 4.78 is 2.18. The molecule has 1 aliphatic carbocycles. The molecule has 2 aliphatic rings. The molecule has 1 aromatic rings. The zero-order chi connectivity index (χ0) is 13.5. The van der Waals surface area contributed by atoms with Crippen LogP contribution in [0.2, 0.25) is 0 Å². The Labute approximate surface area is 115 Å². The molecule has 5 heteroatoms. The minimum Gasteiger partial charge on any atom is -0.315 e. The van der Waals surface area contributed by atoms with Crippen molar-refractivity contribution >= 4 is 0 Å². The number of hydrogen-bond donors (Lipinski definition) is 1. The quantitative estimate of drug-likeness (QED) is 0.892. The zero-order valence-electron chi connectivity index (χ0n) is 12.3. The van der Waals surface area contributed by atoms with Gasteiger partial charge in [-0.2, -0.15) is 0 Å². The zero-order valence-corrected chi connectivity index (χ0v) is 12.3. The number of fused-ring (bicyclic) bond motifs is 1. The second kappa shape index (κ2) is 4.87. The van der Waals surface area contributed by atoms with Crippen molar-refractivity contribution in [2.75, 3.05) is 13.1 Å². The van der Waals surface area contributed by atoms with Crippen molar-refractivity contribution < 1.29 is 0 Å². The average Bonchev–Trinajstić information content (AvgIpc) is 2.73. The summed E-state index contributed by atoms with van der Waals surface area (Å²) in [5.41, 5.74) is 0.224. The molecule has 106 valence electrons. The van der Waals surface area contributed by atoms with Crippen LogP contribution in [0.15, 0.2) is 6.33 Å². The molecule has 0 amide bonds. The monoisotopic (exact) mass is 263 g/mol. The summed E-state index contributed by atoms with van der Waals surface area (Å²) in [4.78, 5) is 2.60. The Balaban J connectivity index is 1.56. The van der Waals surface area contributed by atoms with Crippen molar-refractivity contribution in [3.8, 4) is 0 Å². The Morgan fingerprint density at radius 3 is 2.84 bits per heavy atom. The highest BCUT2D eigenvalue weighted by atomic mass is 15.3. The SMILES string of the molecule is CC(C)(C)NCC1CCC1N1CCn2cnnc2C1. The van der Waals surface area contributed by atoms with Gasteiger partial charge in [0.25, 0.3) is 0 Å². The van der Waals surface area contributed by atoms with Crippen LogP contribution >= 0.6 is 0 Å². The fraction of sp³-hybridized carbons (Fsp3) is 0.857. The number of aromatic nitrogens is 3. The van der Waals surface area contributed by atoms with Gasteiger partial charge in [-0.3, -0.25) is 4.90 Å². The molecule has 1 saturated carbocycles. The van der Waals surface area contributed by atoms with E-state index in [2.05, 4.69) is 45.8 Å². The second-order valence-corrected chi connectivity index (χ2v) is 6.95. The number of hydrogen-bond acceptors (Lipinski definition) is 4. The van der Waals surface area contributed by atoms with E-state index in [1.807, 2.05) is 6.33 Å². The lowest BCUT2D eigenvalue weighted by Crippen LogP contribution is -2.54. The van der Waals surface area contributed by atoms with Gasteiger partial charge < -0.3 is 9.88 Å². The Bertz CT molecular complexity index is 433. The van der Waals surface area contributed by atoms with Crippen LogP contribution in [0.3, 0.4) is 0 Å². The number of nitrogens with one attached hydrogen (secondary N) is 1. The van der Waals surface area contributed by atoms with Crippen LogP contribution in [0.5, 0.6) is 0 Å². The maximum Gasteiger partial charge on any atom is 0.147 e. The summed E-state index contributed by atoms with van der Waals surface area (Å²) >= 11 is 0. The maximum atomic E-state index is 4.21. The summed E-state index contributed by atoms with van der Waals surface area (Å²) in [6, 6.07) is 0.736. The van der Waals surface area contributed by atoms with Crippen LogP contribution in [0, 0.1) is 5.92 Å². The fourth-order valence-electron chi connectivity index (χ4n) is 3.08. The van der Waals surface area contributed by atoms with E-state index < -0.39 is 0 Å². The first-order valence-electron chi connectivity index (χ1n) is 7.39. The largest absolute Gasteiger partial charge is 0.315 e. The molecule has 2 unspecified atom stereocenters. The molecular weight excluding hydrogens is 238 g/mol. The maximum absolute atomic E-state index is 4.21. The van der Waals surface area contributed by atoms with E-state index >= 15 is 0 Å². The van der Waals surface area contributed by atoms with Gasteiger partial charge in [0.2, 0.25) is 0 Å². The molecule has 0 spiro atoms. The van der Waals surface area contributed by atoms with Crippen LogP contribution in [0.1, 0.15) is 39.4 Å². The van der Waals surface area contributed by atoms with Gasteiger partial charge in [0.15, 0.2) is 0 Å². The molecule has 5 nitrogen and oxygen atoms in total. The predicted molar refractivity (Wildman–Crippen MR) is 74.7 cm³/mol. The molecule has 1 aliphatic heterocycles. The normalized spacial score (nSPS) is 27.9.